The molecule has 6 nitrogen and oxygen atoms in total. The molecule has 0 atom stereocenters. The first-order valence-corrected chi connectivity index (χ1v) is 9.98. The Kier molecular flexibility index (Phi) is 5.53. The van der Waals surface area contributed by atoms with Gasteiger partial charge in [0.15, 0.2) is 10.7 Å². The number of ether oxygens (including phenoxy) is 1. The van der Waals surface area contributed by atoms with E-state index in [4.69, 9.17) is 0 Å². The summed E-state index contributed by atoms with van der Waals surface area (Å²) in [6.45, 7) is 1.70. The first-order valence-electron chi connectivity index (χ1n) is 7.88. The number of aromatic nitrogens is 2. The number of benzene rings is 1. The Morgan fingerprint density at radius 3 is 2.62 bits per heavy atom. The highest BCUT2D eigenvalue weighted by molar-refractivity contribution is 7.98. The molecule has 0 saturated carbocycles. The number of Topliss-reactive ketones (excluding diaryl/α,β-unsaturated/α-hetero) is 2. The summed E-state index contributed by atoms with van der Waals surface area (Å²) in [5, 5.41) is 1.81. The number of hydrogen-bond donors (Lipinski definition) is 0. The molecule has 26 heavy (non-hydrogen) atoms. The van der Waals surface area contributed by atoms with Gasteiger partial charge in [-0.2, -0.15) is 0 Å². The first kappa shape index (κ1) is 18.3. The Morgan fingerprint density at radius 1 is 1.23 bits per heavy atom. The van der Waals surface area contributed by atoms with Crippen LogP contribution in [-0.4, -0.2) is 39.8 Å². The van der Waals surface area contributed by atoms with Crippen molar-refractivity contribution in [2.75, 3.05) is 12.9 Å². The van der Waals surface area contributed by atoms with Gasteiger partial charge in [0, 0.05) is 22.0 Å². The number of fused-ring (bicyclic) bond motifs is 1. The van der Waals surface area contributed by atoms with Crippen LogP contribution in [0.5, 0.6) is 0 Å². The molecule has 0 unspecified atom stereocenters. The van der Waals surface area contributed by atoms with Crippen LogP contribution in [0.2, 0.25) is 0 Å². The number of carbonyl (C=O) groups is 3. The molecule has 134 valence electrons. The van der Waals surface area contributed by atoms with E-state index in [9.17, 15) is 14.4 Å². The van der Waals surface area contributed by atoms with Gasteiger partial charge >= 0.3 is 5.97 Å². The van der Waals surface area contributed by atoms with E-state index in [-0.39, 0.29) is 6.61 Å². The van der Waals surface area contributed by atoms with Crippen LogP contribution < -0.4 is 0 Å². The van der Waals surface area contributed by atoms with Gasteiger partial charge in [-0.3, -0.25) is 14.0 Å². The molecule has 8 heteroatoms. The molecule has 0 bridgehead atoms. The highest BCUT2D eigenvalue weighted by atomic mass is 32.2. The maximum atomic E-state index is 12.8. The number of thioether (sulfide) groups is 1. The van der Waals surface area contributed by atoms with Gasteiger partial charge in [-0.25, -0.2) is 9.78 Å². The van der Waals surface area contributed by atoms with Gasteiger partial charge < -0.3 is 4.74 Å². The van der Waals surface area contributed by atoms with Crippen LogP contribution in [-0.2, 0) is 14.3 Å². The molecule has 0 aliphatic heterocycles. The topological polar surface area (TPSA) is 77.7 Å². The molecule has 0 saturated heterocycles. The van der Waals surface area contributed by atoms with Gasteiger partial charge in [-0.1, -0.05) is 12.1 Å². The maximum absolute atomic E-state index is 12.8. The van der Waals surface area contributed by atoms with Crippen LogP contribution in [0, 0.1) is 0 Å². The second-order valence-corrected chi connectivity index (χ2v) is 7.09. The monoisotopic (exact) mass is 388 g/mol. The number of rotatable bonds is 7. The zero-order chi connectivity index (χ0) is 18.7. The standard InChI is InChI=1S/C18H16N2O4S2/c1-3-24-17(23)14(22)10-13(21)16-15(19-18-20(16)8-9-26-18)11-4-6-12(25-2)7-5-11/h4-9H,3,10H2,1-2H3. The van der Waals surface area contributed by atoms with Crippen LogP contribution in [0.25, 0.3) is 16.2 Å². The second-order valence-electron chi connectivity index (χ2n) is 5.34. The van der Waals surface area contributed by atoms with Crippen LogP contribution in [0.15, 0.2) is 40.7 Å². The van der Waals surface area contributed by atoms with E-state index >= 15 is 0 Å². The Morgan fingerprint density at radius 2 is 1.96 bits per heavy atom. The Balaban J connectivity index is 1.98. The summed E-state index contributed by atoms with van der Waals surface area (Å²) >= 11 is 3.01. The fourth-order valence-corrected chi connectivity index (χ4v) is 3.64. The third-order valence-electron chi connectivity index (χ3n) is 3.71. The number of thiazole rings is 1. The minimum atomic E-state index is -0.988. The smallest absolute Gasteiger partial charge is 0.375 e. The zero-order valence-corrected chi connectivity index (χ0v) is 15.9. The van der Waals surface area contributed by atoms with Crippen LogP contribution >= 0.6 is 23.1 Å². The zero-order valence-electron chi connectivity index (χ0n) is 14.2. The third kappa shape index (κ3) is 3.56. The SMILES string of the molecule is CCOC(=O)C(=O)CC(=O)c1c(-c2ccc(SC)cc2)nc2sccn12. The molecule has 0 aliphatic rings. The molecule has 2 heterocycles. The number of carbonyl (C=O) groups excluding carboxylic acids is 3. The predicted octanol–water partition coefficient (Wildman–Crippen LogP) is 3.49. The first-order chi connectivity index (χ1) is 12.5. The van der Waals surface area contributed by atoms with E-state index < -0.39 is 24.0 Å². The fraction of sp³-hybridized carbons (Fsp3) is 0.222. The summed E-state index contributed by atoms with van der Waals surface area (Å²) in [5.74, 6) is -2.30. The van der Waals surface area contributed by atoms with Crippen molar-refractivity contribution in [1.29, 1.82) is 0 Å². The number of nitrogens with zero attached hydrogens (tertiary/aromatic N) is 2. The molecule has 0 N–H and O–H groups in total. The molecule has 0 spiro atoms. The molecule has 0 radical (unpaired) electrons. The van der Waals surface area contributed by atoms with Crippen LogP contribution in [0.1, 0.15) is 23.8 Å². The van der Waals surface area contributed by atoms with Crippen LogP contribution in [0.4, 0.5) is 0 Å². The quantitative estimate of drug-likeness (QED) is 0.203. The molecule has 2 aromatic heterocycles. The van der Waals surface area contributed by atoms with Gasteiger partial charge in [0.25, 0.3) is 0 Å². The molecule has 0 fully saturated rings. The summed E-state index contributed by atoms with van der Waals surface area (Å²) in [6.07, 6.45) is 3.17. The van der Waals surface area contributed by atoms with Gasteiger partial charge in [0.1, 0.15) is 11.4 Å². The largest absolute Gasteiger partial charge is 0.460 e. The Hall–Kier alpha value is -2.45. The maximum Gasteiger partial charge on any atom is 0.375 e. The van der Waals surface area contributed by atoms with E-state index in [1.807, 2.05) is 35.9 Å². The molecule has 3 aromatic rings. The van der Waals surface area contributed by atoms with Crippen molar-refractivity contribution in [2.24, 2.45) is 0 Å². The molecular formula is C18H16N2O4S2. The average molecular weight is 388 g/mol. The summed E-state index contributed by atoms with van der Waals surface area (Å²) < 4.78 is 6.33. The highest BCUT2D eigenvalue weighted by Gasteiger charge is 2.26. The molecule has 0 aliphatic carbocycles. The highest BCUT2D eigenvalue weighted by Crippen LogP contribution is 2.29. The summed E-state index contributed by atoms with van der Waals surface area (Å²) in [5.41, 5.74) is 1.59. The van der Waals surface area contributed by atoms with E-state index in [0.29, 0.717) is 16.3 Å². The number of ketones is 2. The van der Waals surface area contributed by atoms with Crippen molar-refractivity contribution < 1.29 is 19.1 Å². The lowest BCUT2D eigenvalue weighted by atomic mass is 10.0. The molecule has 3 rings (SSSR count). The predicted molar refractivity (Wildman–Crippen MR) is 101 cm³/mol. The minimum Gasteiger partial charge on any atom is -0.460 e. The van der Waals surface area contributed by atoms with E-state index in [1.165, 1.54) is 11.3 Å². The van der Waals surface area contributed by atoms with E-state index in [2.05, 4.69) is 9.72 Å². The number of imidazole rings is 1. The summed E-state index contributed by atoms with van der Waals surface area (Å²) in [7, 11) is 0. The van der Waals surface area contributed by atoms with Crippen molar-refractivity contribution in [3.63, 3.8) is 0 Å². The van der Waals surface area contributed by atoms with Crippen LogP contribution in [0.3, 0.4) is 0 Å². The normalized spacial score (nSPS) is 10.8. The fourth-order valence-electron chi connectivity index (χ4n) is 2.52. The van der Waals surface area contributed by atoms with Crippen molar-refractivity contribution in [3.8, 4) is 11.3 Å². The van der Waals surface area contributed by atoms with Crippen molar-refractivity contribution in [2.45, 2.75) is 18.2 Å². The second kappa shape index (κ2) is 7.84. The Bertz CT molecular complexity index is 973. The summed E-state index contributed by atoms with van der Waals surface area (Å²) in [6, 6.07) is 7.68. The lowest BCUT2D eigenvalue weighted by Gasteiger charge is -2.05. The third-order valence-corrected chi connectivity index (χ3v) is 5.21. The average Bonchev–Trinajstić information content (AvgIpc) is 3.22. The van der Waals surface area contributed by atoms with Gasteiger partial charge in [0.2, 0.25) is 5.78 Å². The van der Waals surface area contributed by atoms with Gasteiger partial charge in [0.05, 0.1) is 13.0 Å². The Labute approximate surface area is 158 Å². The number of hydrogen-bond acceptors (Lipinski definition) is 7. The van der Waals surface area contributed by atoms with E-state index in [1.54, 1.807) is 29.3 Å². The lowest BCUT2D eigenvalue weighted by Crippen LogP contribution is -2.21. The molecule has 1 aromatic carbocycles. The lowest BCUT2D eigenvalue weighted by molar-refractivity contribution is -0.153. The van der Waals surface area contributed by atoms with Crippen molar-refractivity contribution in [1.82, 2.24) is 9.38 Å². The van der Waals surface area contributed by atoms with Crippen molar-refractivity contribution in [3.05, 3.63) is 41.5 Å². The van der Waals surface area contributed by atoms with Gasteiger partial charge in [-0.15, -0.1) is 23.1 Å². The van der Waals surface area contributed by atoms with E-state index in [0.717, 1.165) is 10.5 Å². The summed E-state index contributed by atoms with van der Waals surface area (Å²) in [4.78, 5) is 42.5. The molecular weight excluding hydrogens is 372 g/mol. The minimum absolute atomic E-state index is 0.0905. The number of esters is 1. The van der Waals surface area contributed by atoms with Gasteiger partial charge in [-0.05, 0) is 25.3 Å². The van der Waals surface area contributed by atoms with Crippen molar-refractivity contribution >= 4 is 45.6 Å². The molecule has 0 amide bonds.